The highest BCUT2D eigenvalue weighted by molar-refractivity contribution is 7.99. The van der Waals surface area contributed by atoms with Crippen molar-refractivity contribution < 1.29 is 22.7 Å². The predicted octanol–water partition coefficient (Wildman–Crippen LogP) is 5.68. The van der Waals surface area contributed by atoms with Gasteiger partial charge in [-0.2, -0.15) is 18.3 Å². The Morgan fingerprint density at radius 3 is 2.51 bits per heavy atom. The number of ether oxygens (including phenoxy) is 1. The molecule has 3 heterocycles. The van der Waals surface area contributed by atoms with Crippen LogP contribution in [0.4, 0.5) is 30.6 Å². The molecule has 4 aromatic rings. The van der Waals surface area contributed by atoms with Crippen molar-refractivity contribution >= 4 is 35.0 Å². The Morgan fingerprint density at radius 2 is 1.85 bits per heavy atom. The SMILES string of the molecule is COC1CN(c2cc(Nc3cc(C)[nH]n3)nc(Sc3ccc(CC(=O)c4ccccc4C(F)(F)F)cc3)n2)C1. The molecule has 5 rings (SSSR count). The Hall–Kier alpha value is -3.90. The number of methoxy groups -OCH3 is 1. The van der Waals surface area contributed by atoms with E-state index in [0.29, 0.717) is 22.4 Å². The summed E-state index contributed by atoms with van der Waals surface area (Å²) in [6.07, 6.45) is -4.58. The summed E-state index contributed by atoms with van der Waals surface area (Å²) in [5.74, 6) is 1.38. The van der Waals surface area contributed by atoms with Crippen molar-refractivity contribution in [1.29, 1.82) is 0 Å². The number of carbonyl (C=O) groups is 1. The van der Waals surface area contributed by atoms with Crippen molar-refractivity contribution in [2.24, 2.45) is 0 Å². The number of hydrogen-bond donors (Lipinski definition) is 2. The molecule has 0 radical (unpaired) electrons. The minimum absolute atomic E-state index is 0.142. The summed E-state index contributed by atoms with van der Waals surface area (Å²) >= 11 is 1.34. The molecule has 0 atom stereocenters. The van der Waals surface area contributed by atoms with Crippen LogP contribution < -0.4 is 10.2 Å². The van der Waals surface area contributed by atoms with Crippen LogP contribution in [0.3, 0.4) is 0 Å². The molecule has 8 nitrogen and oxygen atoms in total. The van der Waals surface area contributed by atoms with Crippen LogP contribution in [0.25, 0.3) is 0 Å². The molecule has 1 fully saturated rings. The van der Waals surface area contributed by atoms with E-state index in [1.165, 1.54) is 30.0 Å². The molecule has 0 unspecified atom stereocenters. The fourth-order valence-electron chi connectivity index (χ4n) is 4.11. The normalized spacial score (nSPS) is 13.8. The van der Waals surface area contributed by atoms with Gasteiger partial charge in [-0.3, -0.25) is 9.89 Å². The van der Waals surface area contributed by atoms with Gasteiger partial charge in [0.05, 0.1) is 11.7 Å². The highest BCUT2D eigenvalue weighted by Gasteiger charge is 2.34. The van der Waals surface area contributed by atoms with E-state index in [9.17, 15) is 18.0 Å². The molecule has 39 heavy (non-hydrogen) atoms. The molecular weight excluding hydrogens is 529 g/mol. The minimum Gasteiger partial charge on any atom is -0.378 e. The van der Waals surface area contributed by atoms with Gasteiger partial charge in [-0.15, -0.1) is 0 Å². The lowest BCUT2D eigenvalue weighted by Crippen LogP contribution is -2.52. The number of ketones is 1. The maximum absolute atomic E-state index is 13.3. The lowest BCUT2D eigenvalue weighted by Gasteiger charge is -2.39. The largest absolute Gasteiger partial charge is 0.417 e. The summed E-state index contributed by atoms with van der Waals surface area (Å²) in [7, 11) is 1.68. The second kappa shape index (κ2) is 11.1. The monoisotopic (exact) mass is 554 g/mol. The van der Waals surface area contributed by atoms with Gasteiger partial charge in [-0.1, -0.05) is 30.3 Å². The van der Waals surface area contributed by atoms with E-state index >= 15 is 0 Å². The Bertz CT molecular complexity index is 1470. The number of alkyl halides is 3. The number of hydrogen-bond acceptors (Lipinski definition) is 8. The highest BCUT2D eigenvalue weighted by Crippen LogP contribution is 2.33. The van der Waals surface area contributed by atoms with E-state index in [1.807, 2.05) is 19.1 Å². The molecule has 0 spiro atoms. The molecular formula is C27H25F3N6O2S. The third-order valence-corrected chi connectivity index (χ3v) is 7.06. The molecule has 0 bridgehead atoms. The maximum atomic E-state index is 13.3. The van der Waals surface area contributed by atoms with Crippen LogP contribution in [0.15, 0.2) is 70.7 Å². The number of H-pyrrole nitrogens is 1. The number of carbonyl (C=O) groups excluding carboxylic acids is 1. The zero-order valence-electron chi connectivity index (χ0n) is 21.1. The average Bonchev–Trinajstić information content (AvgIpc) is 3.28. The van der Waals surface area contributed by atoms with Crippen LogP contribution in [-0.2, 0) is 17.3 Å². The van der Waals surface area contributed by atoms with E-state index < -0.39 is 17.5 Å². The van der Waals surface area contributed by atoms with Gasteiger partial charge in [0.15, 0.2) is 16.8 Å². The van der Waals surface area contributed by atoms with E-state index in [0.717, 1.165) is 35.6 Å². The number of Topliss-reactive ketones (excluding diaryl/α,β-unsaturated/α-hetero) is 1. The molecule has 0 amide bonds. The number of aryl methyl sites for hydroxylation is 1. The molecule has 1 saturated heterocycles. The van der Waals surface area contributed by atoms with Gasteiger partial charge in [-0.05, 0) is 42.4 Å². The van der Waals surface area contributed by atoms with Gasteiger partial charge < -0.3 is 15.0 Å². The van der Waals surface area contributed by atoms with E-state index in [2.05, 4.69) is 25.4 Å². The summed E-state index contributed by atoms with van der Waals surface area (Å²) in [4.78, 5) is 24.9. The third-order valence-electron chi connectivity index (χ3n) is 6.19. The van der Waals surface area contributed by atoms with Crippen molar-refractivity contribution in [1.82, 2.24) is 20.2 Å². The molecule has 2 N–H and O–H groups in total. The molecule has 0 aliphatic carbocycles. The second-order valence-electron chi connectivity index (χ2n) is 9.11. The van der Waals surface area contributed by atoms with Gasteiger partial charge in [-0.25, -0.2) is 9.97 Å². The number of rotatable bonds is 9. The van der Waals surface area contributed by atoms with Gasteiger partial charge in [0.1, 0.15) is 11.6 Å². The zero-order chi connectivity index (χ0) is 27.6. The number of anilines is 3. The first kappa shape index (κ1) is 26.7. The maximum Gasteiger partial charge on any atom is 0.417 e. The van der Waals surface area contributed by atoms with E-state index in [-0.39, 0.29) is 18.1 Å². The Kier molecular flexibility index (Phi) is 7.58. The number of aromatic amines is 1. The highest BCUT2D eigenvalue weighted by atomic mass is 32.2. The topological polar surface area (TPSA) is 96.0 Å². The molecule has 1 aliphatic heterocycles. The van der Waals surface area contributed by atoms with Crippen LogP contribution in [0.5, 0.6) is 0 Å². The fraction of sp³-hybridized carbons (Fsp3) is 0.259. The summed E-state index contributed by atoms with van der Waals surface area (Å²) in [6.45, 7) is 3.35. The number of aromatic nitrogens is 4. The minimum atomic E-state index is -4.59. The van der Waals surface area contributed by atoms with Gasteiger partial charge in [0, 0.05) is 54.9 Å². The van der Waals surface area contributed by atoms with Crippen LogP contribution in [0.1, 0.15) is 27.2 Å². The lowest BCUT2D eigenvalue weighted by atomic mass is 9.98. The first-order valence-corrected chi connectivity index (χ1v) is 12.9. The second-order valence-corrected chi connectivity index (χ2v) is 10.1. The van der Waals surface area contributed by atoms with E-state index in [4.69, 9.17) is 9.72 Å². The van der Waals surface area contributed by atoms with Crippen molar-refractivity contribution in [3.63, 3.8) is 0 Å². The summed E-state index contributed by atoms with van der Waals surface area (Å²) in [5, 5.41) is 10.8. The lowest BCUT2D eigenvalue weighted by molar-refractivity contribution is -0.137. The Morgan fingerprint density at radius 1 is 1.10 bits per heavy atom. The molecule has 202 valence electrons. The number of benzene rings is 2. The number of nitrogens with one attached hydrogen (secondary N) is 2. The van der Waals surface area contributed by atoms with Crippen LogP contribution in [0.2, 0.25) is 0 Å². The van der Waals surface area contributed by atoms with Crippen LogP contribution >= 0.6 is 11.8 Å². The fourth-order valence-corrected chi connectivity index (χ4v) is 4.87. The Labute approximate surface area is 227 Å². The summed E-state index contributed by atoms with van der Waals surface area (Å²) in [5.41, 5.74) is 0.265. The number of nitrogens with zero attached hydrogens (tertiary/aromatic N) is 4. The summed E-state index contributed by atoms with van der Waals surface area (Å²) < 4.78 is 45.3. The summed E-state index contributed by atoms with van der Waals surface area (Å²) in [6, 6.07) is 15.6. The number of halogens is 3. The van der Waals surface area contributed by atoms with Crippen LogP contribution in [0, 0.1) is 6.92 Å². The van der Waals surface area contributed by atoms with Crippen molar-refractivity contribution in [3.8, 4) is 0 Å². The van der Waals surface area contributed by atoms with Crippen molar-refractivity contribution in [2.75, 3.05) is 30.4 Å². The van der Waals surface area contributed by atoms with Gasteiger partial charge in [0.2, 0.25) is 0 Å². The average molecular weight is 555 g/mol. The third kappa shape index (κ3) is 6.40. The Balaban J connectivity index is 1.32. The quantitative estimate of drug-likeness (QED) is 0.202. The smallest absolute Gasteiger partial charge is 0.378 e. The van der Waals surface area contributed by atoms with Crippen molar-refractivity contribution in [3.05, 3.63) is 83.0 Å². The molecule has 12 heteroatoms. The first-order valence-electron chi connectivity index (χ1n) is 12.1. The molecule has 0 saturated carbocycles. The van der Waals surface area contributed by atoms with Gasteiger partial charge >= 0.3 is 6.18 Å². The van der Waals surface area contributed by atoms with E-state index in [1.54, 1.807) is 31.4 Å². The van der Waals surface area contributed by atoms with Gasteiger partial charge in [0.25, 0.3) is 0 Å². The molecule has 1 aliphatic rings. The molecule has 2 aromatic carbocycles. The zero-order valence-corrected chi connectivity index (χ0v) is 21.9. The van der Waals surface area contributed by atoms with Crippen molar-refractivity contribution in [2.45, 2.75) is 35.7 Å². The standard InChI is InChI=1S/C27H25F3N6O2S/c1-16-11-24(35-34-16)31-23-13-25(36-14-18(15-36)38-2)33-26(32-23)39-19-9-7-17(8-10-19)12-22(37)20-5-3-4-6-21(20)27(28,29)30/h3-11,13,18H,12,14-15H2,1-2H3,(H2,31,32,33,34,35). The van der Waals surface area contributed by atoms with Crippen LogP contribution in [-0.4, -0.2) is 52.3 Å². The predicted molar refractivity (Wildman–Crippen MR) is 142 cm³/mol. The molecule has 2 aromatic heterocycles. The first-order chi connectivity index (χ1) is 18.7.